The minimum Gasteiger partial charge on any atom is -0.452 e. The van der Waals surface area contributed by atoms with Gasteiger partial charge >= 0.3 is 5.97 Å². The number of carbonyl (C=O) groups excluding carboxylic acids is 2. The summed E-state index contributed by atoms with van der Waals surface area (Å²) in [6.07, 6.45) is 0.821. The van der Waals surface area contributed by atoms with Crippen LogP contribution in [0, 0.1) is 5.41 Å². The second-order valence-electron chi connectivity index (χ2n) is 7.78. The summed E-state index contributed by atoms with van der Waals surface area (Å²) in [5.74, 6) is -0.800. The molecule has 130 valence electrons. The molecule has 0 saturated carbocycles. The Hall–Kier alpha value is -1.95. The van der Waals surface area contributed by atoms with Gasteiger partial charge in [0.15, 0.2) is 6.61 Å². The summed E-state index contributed by atoms with van der Waals surface area (Å²) < 4.78 is 6.04. The van der Waals surface area contributed by atoms with Gasteiger partial charge in [-0.2, -0.15) is 0 Å². The Labute approximate surface area is 146 Å². The fraction of sp³-hybridized carbons (Fsp3) is 0.500. The van der Waals surface area contributed by atoms with E-state index in [4.69, 9.17) is 4.74 Å². The molecule has 0 fully saturated rings. The molecule has 0 spiro atoms. The Morgan fingerprint density at radius 1 is 1.21 bits per heavy atom. The third kappa shape index (κ3) is 5.30. The van der Waals surface area contributed by atoms with Crippen LogP contribution in [0.15, 0.2) is 23.7 Å². The lowest BCUT2D eigenvalue weighted by Gasteiger charge is -2.33. The zero-order valence-corrected chi connectivity index (χ0v) is 15.6. The number of esters is 1. The number of rotatable bonds is 5. The van der Waals surface area contributed by atoms with E-state index in [0.717, 1.165) is 16.6 Å². The number of thiazole rings is 1. The van der Waals surface area contributed by atoms with Gasteiger partial charge in [-0.1, -0.05) is 20.8 Å². The van der Waals surface area contributed by atoms with Crippen molar-refractivity contribution >= 4 is 33.4 Å². The fourth-order valence-corrected chi connectivity index (χ4v) is 3.70. The normalized spacial score (nSPS) is 12.2. The van der Waals surface area contributed by atoms with Crippen LogP contribution in [-0.2, 0) is 9.53 Å². The average molecular weight is 348 g/mol. The van der Waals surface area contributed by atoms with Crippen molar-refractivity contribution in [3.63, 3.8) is 0 Å². The Morgan fingerprint density at radius 3 is 2.58 bits per heavy atom. The van der Waals surface area contributed by atoms with Crippen LogP contribution >= 0.6 is 11.3 Å². The molecule has 2 aromatic rings. The standard InChI is InChI=1S/C18H24N2O3S/c1-17(2,3)10-18(4,5)20-15(21)9-23-16(22)12-6-7-13-14(8-12)24-11-19-13/h6-8,11H,9-10H2,1-5H3,(H,20,21). The van der Waals surface area contributed by atoms with Crippen molar-refractivity contribution in [2.24, 2.45) is 5.41 Å². The van der Waals surface area contributed by atoms with Crippen LogP contribution in [0.1, 0.15) is 51.4 Å². The SMILES string of the molecule is CC(C)(C)CC(C)(C)NC(=O)COC(=O)c1ccc2ncsc2c1. The van der Waals surface area contributed by atoms with Gasteiger partial charge in [0.2, 0.25) is 0 Å². The van der Waals surface area contributed by atoms with Crippen LogP contribution < -0.4 is 5.32 Å². The van der Waals surface area contributed by atoms with E-state index in [2.05, 4.69) is 31.1 Å². The molecule has 0 aliphatic heterocycles. The highest BCUT2D eigenvalue weighted by Gasteiger charge is 2.27. The molecule has 1 aromatic carbocycles. The predicted octanol–water partition coefficient (Wildman–Crippen LogP) is 3.78. The fourth-order valence-electron chi connectivity index (χ4n) is 2.98. The van der Waals surface area contributed by atoms with Crippen molar-refractivity contribution in [1.82, 2.24) is 10.3 Å². The largest absolute Gasteiger partial charge is 0.452 e. The first-order chi connectivity index (χ1) is 11.1. The smallest absolute Gasteiger partial charge is 0.338 e. The Morgan fingerprint density at radius 2 is 1.92 bits per heavy atom. The van der Waals surface area contributed by atoms with E-state index in [9.17, 15) is 9.59 Å². The molecular formula is C18H24N2O3S. The summed E-state index contributed by atoms with van der Waals surface area (Å²) in [5.41, 5.74) is 2.73. The lowest BCUT2D eigenvalue weighted by atomic mass is 9.82. The molecular weight excluding hydrogens is 324 g/mol. The van der Waals surface area contributed by atoms with Crippen LogP contribution in [-0.4, -0.2) is 29.0 Å². The number of hydrogen-bond donors (Lipinski definition) is 1. The average Bonchev–Trinajstić information content (AvgIpc) is 2.88. The number of ether oxygens (including phenoxy) is 1. The van der Waals surface area contributed by atoms with E-state index in [1.165, 1.54) is 11.3 Å². The summed E-state index contributed by atoms with van der Waals surface area (Å²) in [6, 6.07) is 5.16. The van der Waals surface area contributed by atoms with Gasteiger partial charge in [-0.05, 0) is 43.9 Å². The monoisotopic (exact) mass is 348 g/mol. The Bertz CT molecular complexity index is 744. The highest BCUT2D eigenvalue weighted by Crippen LogP contribution is 2.26. The topological polar surface area (TPSA) is 68.3 Å². The maximum Gasteiger partial charge on any atom is 0.338 e. The van der Waals surface area contributed by atoms with Crippen LogP contribution in [0.4, 0.5) is 0 Å². The molecule has 2 rings (SSSR count). The maximum atomic E-state index is 12.1. The molecule has 24 heavy (non-hydrogen) atoms. The molecule has 0 saturated heterocycles. The van der Waals surface area contributed by atoms with Gasteiger partial charge in [0.25, 0.3) is 5.91 Å². The first-order valence-electron chi connectivity index (χ1n) is 7.87. The quantitative estimate of drug-likeness (QED) is 0.835. The third-order valence-electron chi connectivity index (χ3n) is 3.35. The van der Waals surface area contributed by atoms with Gasteiger partial charge in [0, 0.05) is 5.54 Å². The van der Waals surface area contributed by atoms with E-state index in [-0.39, 0.29) is 23.5 Å². The van der Waals surface area contributed by atoms with Gasteiger partial charge in [0.1, 0.15) is 0 Å². The summed E-state index contributed by atoms with van der Waals surface area (Å²) >= 11 is 1.46. The zero-order valence-electron chi connectivity index (χ0n) is 14.8. The second-order valence-corrected chi connectivity index (χ2v) is 8.67. The molecule has 0 unspecified atom stereocenters. The lowest BCUT2D eigenvalue weighted by Crippen LogP contribution is -2.47. The molecule has 1 amide bonds. The molecule has 5 nitrogen and oxygen atoms in total. The van der Waals surface area contributed by atoms with Crippen molar-refractivity contribution in [3.8, 4) is 0 Å². The molecule has 0 aliphatic rings. The molecule has 0 aliphatic carbocycles. The number of nitrogens with zero attached hydrogens (tertiary/aromatic N) is 1. The van der Waals surface area contributed by atoms with Crippen molar-refractivity contribution in [3.05, 3.63) is 29.3 Å². The van der Waals surface area contributed by atoms with E-state index in [1.807, 2.05) is 13.8 Å². The predicted molar refractivity (Wildman–Crippen MR) is 96.2 cm³/mol. The number of aromatic nitrogens is 1. The molecule has 0 bridgehead atoms. The molecule has 1 aromatic heterocycles. The van der Waals surface area contributed by atoms with Crippen molar-refractivity contribution in [2.75, 3.05) is 6.61 Å². The van der Waals surface area contributed by atoms with Gasteiger partial charge in [-0.25, -0.2) is 9.78 Å². The van der Waals surface area contributed by atoms with Crippen LogP contribution in [0.3, 0.4) is 0 Å². The maximum absolute atomic E-state index is 12.1. The highest BCUT2D eigenvalue weighted by atomic mass is 32.1. The van der Waals surface area contributed by atoms with E-state index in [0.29, 0.717) is 5.56 Å². The van der Waals surface area contributed by atoms with Gasteiger partial charge in [-0.15, -0.1) is 11.3 Å². The molecule has 0 atom stereocenters. The van der Waals surface area contributed by atoms with Gasteiger partial charge in [0.05, 0.1) is 21.3 Å². The first-order valence-corrected chi connectivity index (χ1v) is 8.75. The number of nitrogens with one attached hydrogen (secondary N) is 1. The van der Waals surface area contributed by atoms with E-state index >= 15 is 0 Å². The molecule has 6 heteroatoms. The number of carbonyl (C=O) groups is 2. The molecule has 1 heterocycles. The molecule has 0 radical (unpaired) electrons. The summed E-state index contributed by atoms with van der Waals surface area (Å²) in [6.45, 7) is 10.0. The van der Waals surface area contributed by atoms with Crippen LogP contribution in [0.2, 0.25) is 0 Å². The van der Waals surface area contributed by atoms with Gasteiger partial charge in [-0.3, -0.25) is 4.79 Å². The Balaban J connectivity index is 1.90. The summed E-state index contributed by atoms with van der Waals surface area (Å²) in [4.78, 5) is 28.3. The Kier molecular flexibility index (Phi) is 5.28. The van der Waals surface area contributed by atoms with Crippen LogP contribution in [0.5, 0.6) is 0 Å². The number of amides is 1. The summed E-state index contributed by atoms with van der Waals surface area (Å²) in [7, 11) is 0. The second kappa shape index (κ2) is 6.89. The minimum absolute atomic E-state index is 0.0949. The number of hydrogen-bond acceptors (Lipinski definition) is 5. The van der Waals surface area contributed by atoms with Crippen LogP contribution in [0.25, 0.3) is 10.2 Å². The third-order valence-corrected chi connectivity index (χ3v) is 4.14. The van der Waals surface area contributed by atoms with E-state index in [1.54, 1.807) is 23.7 Å². The van der Waals surface area contributed by atoms with Crippen molar-refractivity contribution in [2.45, 2.75) is 46.6 Å². The number of benzene rings is 1. The zero-order chi connectivity index (χ0) is 18.0. The summed E-state index contributed by atoms with van der Waals surface area (Å²) in [5, 5.41) is 2.92. The van der Waals surface area contributed by atoms with Crippen molar-refractivity contribution in [1.29, 1.82) is 0 Å². The van der Waals surface area contributed by atoms with Gasteiger partial charge < -0.3 is 10.1 Å². The van der Waals surface area contributed by atoms with E-state index < -0.39 is 5.97 Å². The number of fused-ring (bicyclic) bond motifs is 1. The van der Waals surface area contributed by atoms with Crippen molar-refractivity contribution < 1.29 is 14.3 Å². The minimum atomic E-state index is -0.505. The first kappa shape index (κ1) is 18.4. The molecule has 1 N–H and O–H groups in total. The highest BCUT2D eigenvalue weighted by molar-refractivity contribution is 7.16. The lowest BCUT2D eigenvalue weighted by molar-refractivity contribution is -0.126.